The highest BCUT2D eigenvalue weighted by Crippen LogP contribution is 2.28. The lowest BCUT2D eigenvalue weighted by atomic mass is 10.0. The van der Waals surface area contributed by atoms with Gasteiger partial charge in [0.15, 0.2) is 5.78 Å². The van der Waals surface area contributed by atoms with E-state index in [-0.39, 0.29) is 30.6 Å². The van der Waals surface area contributed by atoms with Gasteiger partial charge in [0.1, 0.15) is 6.10 Å². The van der Waals surface area contributed by atoms with Crippen LogP contribution < -0.4 is 0 Å². The smallest absolute Gasteiger partial charge is 0.223 e. The summed E-state index contributed by atoms with van der Waals surface area (Å²) < 4.78 is 5.77. The standard InChI is InChI=1S/C20H19Cl2NO3/c21-16-7-3-1-5-14(16)18(24)9-10-20(25)23-11-12-26-19(13-23)15-6-2-4-8-17(15)22/h1-8,19H,9-13H2. The van der Waals surface area contributed by atoms with Crippen molar-refractivity contribution in [3.05, 3.63) is 69.7 Å². The Labute approximate surface area is 162 Å². The van der Waals surface area contributed by atoms with Crippen LogP contribution >= 0.6 is 23.2 Å². The molecule has 1 saturated heterocycles. The van der Waals surface area contributed by atoms with Crippen molar-refractivity contribution in [2.75, 3.05) is 19.7 Å². The van der Waals surface area contributed by atoms with Crippen molar-refractivity contribution in [3.8, 4) is 0 Å². The summed E-state index contributed by atoms with van der Waals surface area (Å²) in [5, 5.41) is 1.04. The van der Waals surface area contributed by atoms with Gasteiger partial charge < -0.3 is 9.64 Å². The number of ketones is 1. The average Bonchev–Trinajstić information content (AvgIpc) is 2.66. The second-order valence-electron chi connectivity index (χ2n) is 6.12. The molecule has 0 aliphatic carbocycles. The third kappa shape index (κ3) is 4.44. The largest absolute Gasteiger partial charge is 0.370 e. The molecule has 1 atom stereocenters. The van der Waals surface area contributed by atoms with E-state index in [0.29, 0.717) is 35.3 Å². The molecule has 2 aromatic rings. The van der Waals surface area contributed by atoms with Gasteiger partial charge in [0.05, 0.1) is 18.2 Å². The Morgan fingerprint density at radius 2 is 1.69 bits per heavy atom. The van der Waals surface area contributed by atoms with Crippen LogP contribution in [0, 0.1) is 0 Å². The van der Waals surface area contributed by atoms with E-state index >= 15 is 0 Å². The van der Waals surface area contributed by atoms with Crippen molar-refractivity contribution in [3.63, 3.8) is 0 Å². The van der Waals surface area contributed by atoms with E-state index in [1.807, 2.05) is 24.3 Å². The number of ether oxygens (including phenoxy) is 1. The summed E-state index contributed by atoms with van der Waals surface area (Å²) in [7, 11) is 0. The Kier molecular flexibility index (Phi) is 6.30. The number of hydrogen-bond acceptors (Lipinski definition) is 3. The fraction of sp³-hybridized carbons (Fsp3) is 0.300. The first-order valence-corrected chi connectivity index (χ1v) is 9.23. The second-order valence-corrected chi connectivity index (χ2v) is 6.94. The first-order valence-electron chi connectivity index (χ1n) is 8.48. The quantitative estimate of drug-likeness (QED) is 0.701. The number of morpholine rings is 1. The molecule has 136 valence electrons. The van der Waals surface area contributed by atoms with E-state index in [1.165, 1.54) is 0 Å². The van der Waals surface area contributed by atoms with Crippen LogP contribution in [0.4, 0.5) is 0 Å². The van der Waals surface area contributed by atoms with Gasteiger partial charge in [-0.15, -0.1) is 0 Å². The first kappa shape index (κ1) is 18.9. The lowest BCUT2D eigenvalue weighted by molar-refractivity contribution is -0.139. The fourth-order valence-electron chi connectivity index (χ4n) is 3.00. The van der Waals surface area contributed by atoms with E-state index in [4.69, 9.17) is 27.9 Å². The molecule has 0 radical (unpaired) electrons. The third-order valence-corrected chi connectivity index (χ3v) is 5.09. The summed E-state index contributed by atoms with van der Waals surface area (Å²) in [5.41, 5.74) is 1.33. The highest BCUT2D eigenvalue weighted by Gasteiger charge is 2.27. The maximum atomic E-state index is 12.5. The molecule has 1 unspecified atom stereocenters. The fourth-order valence-corrected chi connectivity index (χ4v) is 3.50. The van der Waals surface area contributed by atoms with Crippen molar-refractivity contribution < 1.29 is 14.3 Å². The van der Waals surface area contributed by atoms with Gasteiger partial charge in [-0.1, -0.05) is 53.5 Å². The number of hydrogen-bond donors (Lipinski definition) is 0. The minimum absolute atomic E-state index is 0.0641. The molecule has 0 bridgehead atoms. The molecule has 3 rings (SSSR count). The summed E-state index contributed by atoms with van der Waals surface area (Å²) in [6.45, 7) is 1.39. The molecule has 6 heteroatoms. The van der Waals surface area contributed by atoms with Crippen LogP contribution in [-0.4, -0.2) is 36.3 Å². The topological polar surface area (TPSA) is 46.6 Å². The average molecular weight is 392 g/mol. The lowest BCUT2D eigenvalue weighted by Crippen LogP contribution is -2.42. The lowest BCUT2D eigenvalue weighted by Gasteiger charge is -2.33. The SMILES string of the molecule is O=C(CCC(=O)N1CCOC(c2ccccc2Cl)C1)c1ccccc1Cl. The number of benzene rings is 2. The number of Topliss-reactive ketones (excluding diaryl/α,β-unsaturated/α-hetero) is 1. The van der Waals surface area contributed by atoms with Crippen LogP contribution in [0.2, 0.25) is 10.0 Å². The molecule has 2 aromatic carbocycles. The molecule has 0 saturated carbocycles. The maximum Gasteiger partial charge on any atom is 0.223 e. The first-order chi connectivity index (χ1) is 12.6. The van der Waals surface area contributed by atoms with Gasteiger partial charge in [0.25, 0.3) is 0 Å². The Bertz CT molecular complexity index is 809. The van der Waals surface area contributed by atoms with Gasteiger partial charge in [0.2, 0.25) is 5.91 Å². The summed E-state index contributed by atoms with van der Waals surface area (Å²) in [6, 6.07) is 14.4. The molecule has 26 heavy (non-hydrogen) atoms. The molecular weight excluding hydrogens is 373 g/mol. The van der Waals surface area contributed by atoms with E-state index in [2.05, 4.69) is 0 Å². The molecule has 1 fully saturated rings. The predicted molar refractivity (Wildman–Crippen MR) is 102 cm³/mol. The Morgan fingerprint density at radius 3 is 2.42 bits per heavy atom. The van der Waals surface area contributed by atoms with Crippen molar-refractivity contribution in [2.24, 2.45) is 0 Å². The number of nitrogens with zero attached hydrogens (tertiary/aromatic N) is 1. The highest BCUT2D eigenvalue weighted by molar-refractivity contribution is 6.34. The third-order valence-electron chi connectivity index (χ3n) is 4.41. The number of halogens is 2. The summed E-state index contributed by atoms with van der Waals surface area (Å²) in [6.07, 6.45) is 0.0383. The predicted octanol–water partition coefficient (Wildman–Crippen LogP) is 4.56. The van der Waals surface area contributed by atoms with E-state index in [0.717, 1.165) is 5.56 Å². The van der Waals surface area contributed by atoms with Gasteiger partial charge in [-0.05, 0) is 18.2 Å². The molecule has 0 spiro atoms. The molecular formula is C20H19Cl2NO3. The van der Waals surface area contributed by atoms with Gasteiger partial charge in [0, 0.05) is 35.5 Å². The van der Waals surface area contributed by atoms with Crippen molar-refractivity contribution >= 4 is 34.9 Å². The zero-order chi connectivity index (χ0) is 18.5. The Hall–Kier alpha value is -1.88. The van der Waals surface area contributed by atoms with Gasteiger partial charge in [-0.2, -0.15) is 0 Å². The van der Waals surface area contributed by atoms with E-state index < -0.39 is 0 Å². The van der Waals surface area contributed by atoms with Crippen molar-refractivity contribution in [1.82, 2.24) is 4.90 Å². The molecule has 1 heterocycles. The molecule has 1 amide bonds. The van der Waals surface area contributed by atoms with Crippen LogP contribution in [0.3, 0.4) is 0 Å². The van der Waals surface area contributed by atoms with Crippen molar-refractivity contribution in [2.45, 2.75) is 18.9 Å². The highest BCUT2D eigenvalue weighted by atomic mass is 35.5. The normalized spacial score (nSPS) is 17.2. The van der Waals surface area contributed by atoms with Crippen molar-refractivity contribution in [1.29, 1.82) is 0 Å². The number of carbonyl (C=O) groups excluding carboxylic acids is 2. The maximum absolute atomic E-state index is 12.5. The number of rotatable bonds is 5. The zero-order valence-corrected chi connectivity index (χ0v) is 15.7. The Balaban J connectivity index is 1.59. The van der Waals surface area contributed by atoms with Crippen LogP contribution in [-0.2, 0) is 9.53 Å². The summed E-state index contributed by atoms with van der Waals surface area (Å²) in [4.78, 5) is 26.6. The van der Waals surface area contributed by atoms with Gasteiger partial charge in [-0.25, -0.2) is 0 Å². The summed E-state index contributed by atoms with van der Waals surface area (Å²) >= 11 is 12.3. The minimum Gasteiger partial charge on any atom is -0.370 e. The molecule has 0 aromatic heterocycles. The van der Waals surface area contributed by atoms with Crippen LogP contribution in [0.1, 0.15) is 34.9 Å². The van der Waals surface area contributed by atoms with Crippen LogP contribution in [0.5, 0.6) is 0 Å². The van der Waals surface area contributed by atoms with E-state index in [9.17, 15) is 9.59 Å². The van der Waals surface area contributed by atoms with Gasteiger partial charge in [-0.3, -0.25) is 9.59 Å². The minimum atomic E-state index is -0.249. The monoisotopic (exact) mass is 391 g/mol. The second kappa shape index (κ2) is 8.67. The molecule has 4 nitrogen and oxygen atoms in total. The zero-order valence-electron chi connectivity index (χ0n) is 14.2. The number of amides is 1. The number of carbonyl (C=O) groups is 2. The molecule has 1 aliphatic heterocycles. The van der Waals surface area contributed by atoms with E-state index in [1.54, 1.807) is 29.2 Å². The summed E-state index contributed by atoms with van der Waals surface area (Å²) in [5.74, 6) is -0.189. The van der Waals surface area contributed by atoms with Crippen LogP contribution in [0.15, 0.2) is 48.5 Å². The van der Waals surface area contributed by atoms with Gasteiger partial charge >= 0.3 is 0 Å². The molecule has 1 aliphatic rings. The Morgan fingerprint density at radius 1 is 1.00 bits per heavy atom. The molecule has 0 N–H and O–H groups in total. The van der Waals surface area contributed by atoms with Crippen LogP contribution in [0.25, 0.3) is 0 Å².